The zero-order chi connectivity index (χ0) is 15.5. The lowest BCUT2D eigenvalue weighted by atomic mass is 9.95. The molecule has 1 aliphatic rings. The second kappa shape index (κ2) is 8.08. The third kappa shape index (κ3) is 4.79. The van der Waals surface area contributed by atoms with Crippen LogP contribution in [0, 0.1) is 0 Å². The average Bonchev–Trinajstić information content (AvgIpc) is 2.44. The van der Waals surface area contributed by atoms with Crippen molar-refractivity contribution in [3.63, 3.8) is 0 Å². The number of piperazine rings is 1. The smallest absolute Gasteiger partial charge is 0.314 e. The molecule has 2 rings (SSSR count). The number of rotatable bonds is 4. The number of halogens is 6. The first kappa shape index (κ1) is 19.1. The van der Waals surface area contributed by atoms with E-state index in [0.717, 1.165) is 6.07 Å². The van der Waals surface area contributed by atoms with Gasteiger partial charge in [-0.25, -0.2) is 8.78 Å². The summed E-state index contributed by atoms with van der Waals surface area (Å²) in [5.74, 6) is 0. The Balaban J connectivity index is 0.00000242. The molecule has 1 N–H and O–H groups in total. The van der Waals surface area contributed by atoms with E-state index in [1.165, 1.54) is 18.2 Å². The molecule has 0 spiro atoms. The van der Waals surface area contributed by atoms with Gasteiger partial charge in [-0.1, -0.05) is 18.2 Å². The first-order valence-electron chi connectivity index (χ1n) is 6.78. The van der Waals surface area contributed by atoms with Gasteiger partial charge < -0.3 is 5.32 Å². The highest BCUT2D eigenvalue weighted by molar-refractivity contribution is 5.85. The van der Waals surface area contributed by atoms with Crippen molar-refractivity contribution in [3.8, 4) is 0 Å². The maximum Gasteiger partial charge on any atom is 0.416 e. The quantitative estimate of drug-likeness (QED) is 0.837. The number of nitrogens with one attached hydrogen (secondary N) is 1. The molecule has 8 heteroatoms. The van der Waals surface area contributed by atoms with Crippen LogP contribution < -0.4 is 5.32 Å². The number of hydrogen-bond donors (Lipinski definition) is 1. The Hall–Kier alpha value is -0.920. The molecule has 0 saturated carbocycles. The van der Waals surface area contributed by atoms with Crippen LogP contribution in [0.5, 0.6) is 0 Å². The molecule has 1 atom stereocenters. The third-order valence-corrected chi connectivity index (χ3v) is 3.62. The minimum Gasteiger partial charge on any atom is -0.314 e. The molecule has 0 radical (unpaired) electrons. The predicted molar refractivity (Wildman–Crippen MR) is 76.5 cm³/mol. The maximum atomic E-state index is 13.1. The number of benzene rings is 1. The highest BCUT2D eigenvalue weighted by atomic mass is 35.5. The molecule has 1 aliphatic heterocycles. The van der Waals surface area contributed by atoms with Crippen LogP contribution in [0.3, 0.4) is 0 Å². The lowest BCUT2D eigenvalue weighted by Crippen LogP contribution is -2.45. The first-order valence-corrected chi connectivity index (χ1v) is 6.78. The Kier molecular flexibility index (Phi) is 7.02. The standard InChI is InChI=1S/C14H17F5N2.ClH/c15-13(16)9-12(21-7-5-20-6-8-21)10-3-1-2-4-11(10)14(17,18)19;/h1-4,12-13,20H,5-9H2;1H/t12-;/m0./s1. The molecular formula is C14H18ClF5N2. The molecule has 1 aromatic carbocycles. The predicted octanol–water partition coefficient (Wildman–Crippen LogP) is 3.73. The Morgan fingerprint density at radius 1 is 1.09 bits per heavy atom. The largest absolute Gasteiger partial charge is 0.416 e. The fourth-order valence-electron chi connectivity index (χ4n) is 2.68. The van der Waals surface area contributed by atoms with Crippen LogP contribution in [-0.4, -0.2) is 37.5 Å². The molecule has 22 heavy (non-hydrogen) atoms. The van der Waals surface area contributed by atoms with Crippen molar-refractivity contribution in [2.45, 2.75) is 25.1 Å². The molecule has 0 bridgehead atoms. The number of nitrogens with zero attached hydrogens (tertiary/aromatic N) is 1. The highest BCUT2D eigenvalue weighted by Gasteiger charge is 2.37. The Bertz CT molecular complexity index is 461. The zero-order valence-corrected chi connectivity index (χ0v) is 12.6. The summed E-state index contributed by atoms with van der Waals surface area (Å²) in [6.07, 6.45) is -7.77. The molecule has 0 unspecified atom stereocenters. The third-order valence-electron chi connectivity index (χ3n) is 3.62. The van der Waals surface area contributed by atoms with Crippen molar-refractivity contribution >= 4 is 12.4 Å². The van der Waals surface area contributed by atoms with E-state index in [0.29, 0.717) is 26.2 Å². The summed E-state index contributed by atoms with van der Waals surface area (Å²) in [6.45, 7) is 2.11. The molecule has 0 amide bonds. The second-order valence-electron chi connectivity index (χ2n) is 5.01. The number of hydrogen-bond acceptors (Lipinski definition) is 2. The topological polar surface area (TPSA) is 15.3 Å². The fraction of sp³-hybridized carbons (Fsp3) is 0.571. The van der Waals surface area contributed by atoms with E-state index in [2.05, 4.69) is 5.32 Å². The van der Waals surface area contributed by atoms with Gasteiger partial charge in [0, 0.05) is 38.6 Å². The van der Waals surface area contributed by atoms with E-state index in [9.17, 15) is 22.0 Å². The van der Waals surface area contributed by atoms with Crippen molar-refractivity contribution in [2.75, 3.05) is 26.2 Å². The van der Waals surface area contributed by atoms with E-state index >= 15 is 0 Å². The van der Waals surface area contributed by atoms with E-state index in [4.69, 9.17) is 0 Å². The Labute approximate surface area is 132 Å². The molecule has 1 heterocycles. The second-order valence-corrected chi connectivity index (χ2v) is 5.01. The van der Waals surface area contributed by atoms with Crippen LogP contribution in [0.4, 0.5) is 22.0 Å². The molecule has 0 aliphatic carbocycles. The Morgan fingerprint density at radius 2 is 1.68 bits per heavy atom. The van der Waals surface area contributed by atoms with E-state index in [1.54, 1.807) is 4.90 Å². The fourth-order valence-corrected chi connectivity index (χ4v) is 2.68. The van der Waals surface area contributed by atoms with E-state index in [1.807, 2.05) is 0 Å². The lowest BCUT2D eigenvalue weighted by molar-refractivity contribution is -0.139. The van der Waals surface area contributed by atoms with Gasteiger partial charge in [-0.05, 0) is 11.6 Å². The summed E-state index contributed by atoms with van der Waals surface area (Å²) in [5.41, 5.74) is -0.888. The van der Waals surface area contributed by atoms with E-state index in [-0.39, 0.29) is 18.0 Å². The molecule has 0 aromatic heterocycles. The van der Waals surface area contributed by atoms with Crippen molar-refractivity contribution in [1.29, 1.82) is 0 Å². The summed E-state index contributed by atoms with van der Waals surface area (Å²) in [7, 11) is 0. The van der Waals surface area contributed by atoms with Gasteiger partial charge in [0.05, 0.1) is 5.56 Å². The van der Waals surface area contributed by atoms with Gasteiger partial charge in [-0.3, -0.25) is 4.90 Å². The van der Waals surface area contributed by atoms with Gasteiger partial charge in [0.1, 0.15) is 0 Å². The maximum absolute atomic E-state index is 13.1. The van der Waals surface area contributed by atoms with Crippen molar-refractivity contribution < 1.29 is 22.0 Å². The van der Waals surface area contributed by atoms with Gasteiger partial charge >= 0.3 is 6.18 Å². The van der Waals surface area contributed by atoms with Gasteiger partial charge in [0.15, 0.2) is 0 Å². The van der Waals surface area contributed by atoms with Crippen LogP contribution >= 0.6 is 12.4 Å². The summed E-state index contributed by atoms with van der Waals surface area (Å²) in [6, 6.07) is 4.09. The molecule has 1 saturated heterocycles. The van der Waals surface area contributed by atoms with Crippen LogP contribution in [0.2, 0.25) is 0 Å². The average molecular weight is 345 g/mol. The lowest BCUT2D eigenvalue weighted by Gasteiger charge is -2.36. The Morgan fingerprint density at radius 3 is 2.23 bits per heavy atom. The van der Waals surface area contributed by atoms with Gasteiger partial charge in [0.2, 0.25) is 6.43 Å². The molecule has 1 fully saturated rings. The molecule has 126 valence electrons. The normalized spacial score (nSPS) is 18.1. The number of alkyl halides is 5. The SMILES string of the molecule is Cl.FC(F)C[C@@H](c1ccccc1C(F)(F)F)N1CCNCC1. The zero-order valence-electron chi connectivity index (χ0n) is 11.7. The minimum absolute atomic E-state index is 0. The van der Waals surface area contributed by atoms with Crippen LogP contribution in [-0.2, 0) is 6.18 Å². The molecular weight excluding hydrogens is 327 g/mol. The summed E-state index contributed by atoms with van der Waals surface area (Å²) >= 11 is 0. The van der Waals surface area contributed by atoms with Crippen LogP contribution in [0.25, 0.3) is 0 Å². The van der Waals surface area contributed by atoms with Crippen molar-refractivity contribution in [1.82, 2.24) is 10.2 Å². The monoisotopic (exact) mass is 344 g/mol. The molecule has 1 aromatic rings. The summed E-state index contributed by atoms with van der Waals surface area (Å²) in [4.78, 5) is 1.70. The van der Waals surface area contributed by atoms with Crippen LogP contribution in [0.1, 0.15) is 23.6 Å². The van der Waals surface area contributed by atoms with Gasteiger partial charge in [0.25, 0.3) is 0 Å². The minimum atomic E-state index is -4.54. The van der Waals surface area contributed by atoms with Crippen molar-refractivity contribution in [2.24, 2.45) is 0 Å². The molecule has 2 nitrogen and oxygen atoms in total. The van der Waals surface area contributed by atoms with Crippen LogP contribution in [0.15, 0.2) is 24.3 Å². The van der Waals surface area contributed by atoms with Gasteiger partial charge in [-0.2, -0.15) is 13.2 Å². The summed E-state index contributed by atoms with van der Waals surface area (Å²) in [5, 5.41) is 3.07. The first-order chi connectivity index (χ1) is 9.89. The highest BCUT2D eigenvalue weighted by Crippen LogP contribution is 2.38. The van der Waals surface area contributed by atoms with Gasteiger partial charge in [-0.15, -0.1) is 12.4 Å². The van der Waals surface area contributed by atoms with E-state index < -0.39 is 30.6 Å². The van der Waals surface area contributed by atoms with Crippen molar-refractivity contribution in [3.05, 3.63) is 35.4 Å². The summed E-state index contributed by atoms with van der Waals surface area (Å²) < 4.78 is 64.9.